The summed E-state index contributed by atoms with van der Waals surface area (Å²) >= 11 is 0. The van der Waals surface area contributed by atoms with Gasteiger partial charge in [-0.05, 0) is 0 Å². The van der Waals surface area contributed by atoms with Gasteiger partial charge in [-0.15, -0.1) is 0 Å². The normalized spacial score (nSPS) is 12.5. The van der Waals surface area contributed by atoms with Gasteiger partial charge in [0.2, 0.25) is 0 Å². The van der Waals surface area contributed by atoms with Crippen molar-refractivity contribution in [3.63, 3.8) is 0 Å². The first-order chi connectivity index (χ1) is 8.03. The number of halogens is 2. The van der Waals surface area contributed by atoms with E-state index < -0.39 is 7.26 Å². The zero-order chi connectivity index (χ0) is 12.5. The van der Waals surface area contributed by atoms with E-state index in [2.05, 4.69) is 0 Å². The van der Waals surface area contributed by atoms with Gasteiger partial charge in [0.1, 0.15) is 0 Å². The average molecular weight is 252 g/mol. The Morgan fingerprint density at radius 1 is 0.706 bits per heavy atom. The molecule has 0 amide bonds. The van der Waals surface area contributed by atoms with Gasteiger partial charge >= 0.3 is 100 Å². The standard InChI is InChI=1S/C14H15F2P/c1-17(2,13-9-5-3-7-11(13)15)14-10-6-4-8-12(14)16/h3-10,17H,1-2H3. The zero-order valence-corrected chi connectivity index (χ0v) is 10.9. The van der Waals surface area contributed by atoms with Crippen molar-refractivity contribution in [1.29, 1.82) is 0 Å². The molecule has 2 rings (SSSR count). The monoisotopic (exact) mass is 252 g/mol. The Morgan fingerprint density at radius 2 is 1.06 bits per heavy atom. The van der Waals surface area contributed by atoms with E-state index in [9.17, 15) is 8.78 Å². The van der Waals surface area contributed by atoms with Gasteiger partial charge in [-0.1, -0.05) is 0 Å². The van der Waals surface area contributed by atoms with Gasteiger partial charge in [0, 0.05) is 0 Å². The molecule has 0 atom stereocenters. The summed E-state index contributed by atoms with van der Waals surface area (Å²) in [6, 6.07) is 13.3. The van der Waals surface area contributed by atoms with Crippen LogP contribution in [0.25, 0.3) is 0 Å². The molecule has 0 heterocycles. The molecule has 0 N–H and O–H groups in total. The summed E-state index contributed by atoms with van der Waals surface area (Å²) in [6.45, 7) is 3.92. The predicted molar refractivity (Wildman–Crippen MR) is 72.2 cm³/mol. The van der Waals surface area contributed by atoms with Crippen LogP contribution in [0.3, 0.4) is 0 Å². The van der Waals surface area contributed by atoms with Crippen molar-refractivity contribution in [3.05, 3.63) is 60.2 Å². The third kappa shape index (κ3) is 2.23. The number of hydrogen-bond acceptors (Lipinski definition) is 0. The molecule has 17 heavy (non-hydrogen) atoms. The third-order valence-electron chi connectivity index (χ3n) is 3.09. The van der Waals surface area contributed by atoms with Gasteiger partial charge < -0.3 is 0 Å². The second-order valence-corrected chi connectivity index (χ2v) is 8.91. The number of rotatable bonds is 2. The summed E-state index contributed by atoms with van der Waals surface area (Å²) in [5.41, 5.74) is 0. The van der Waals surface area contributed by atoms with E-state index in [0.29, 0.717) is 10.6 Å². The van der Waals surface area contributed by atoms with Gasteiger partial charge in [-0.3, -0.25) is 0 Å². The van der Waals surface area contributed by atoms with Gasteiger partial charge in [-0.25, -0.2) is 0 Å². The molecule has 0 fully saturated rings. The number of hydrogen-bond donors (Lipinski definition) is 0. The van der Waals surface area contributed by atoms with E-state index in [-0.39, 0.29) is 11.6 Å². The summed E-state index contributed by atoms with van der Waals surface area (Å²) in [4.78, 5) is 0. The minimum absolute atomic E-state index is 0.243. The van der Waals surface area contributed by atoms with Gasteiger partial charge in [0.25, 0.3) is 0 Å². The molecule has 0 radical (unpaired) electrons. The maximum absolute atomic E-state index is 13.8. The molecule has 0 bridgehead atoms. The average Bonchev–Trinajstić information content (AvgIpc) is 2.29. The molecule has 90 valence electrons. The Hall–Kier alpha value is -1.27. The third-order valence-corrected chi connectivity index (χ3v) is 6.60. The molecule has 0 saturated heterocycles. The van der Waals surface area contributed by atoms with Crippen LogP contribution in [0.15, 0.2) is 48.5 Å². The van der Waals surface area contributed by atoms with Crippen LogP contribution in [0.1, 0.15) is 0 Å². The Morgan fingerprint density at radius 3 is 1.41 bits per heavy atom. The Labute approximate surface area is 101 Å². The van der Waals surface area contributed by atoms with Crippen LogP contribution in [0.2, 0.25) is 0 Å². The molecule has 0 aliphatic heterocycles. The van der Waals surface area contributed by atoms with Crippen LogP contribution in [0.5, 0.6) is 0 Å². The second kappa shape index (κ2) is 4.54. The van der Waals surface area contributed by atoms with Gasteiger partial charge in [0.15, 0.2) is 0 Å². The molecule has 0 aliphatic carbocycles. The molecular weight excluding hydrogens is 237 g/mol. The summed E-state index contributed by atoms with van der Waals surface area (Å²) < 4.78 is 27.6. The van der Waals surface area contributed by atoms with Gasteiger partial charge in [-0.2, -0.15) is 0 Å². The summed E-state index contributed by atoms with van der Waals surface area (Å²) in [6.07, 6.45) is 0. The quantitative estimate of drug-likeness (QED) is 0.721. The Balaban J connectivity index is 2.58. The second-order valence-electron chi connectivity index (χ2n) is 4.58. The van der Waals surface area contributed by atoms with Crippen LogP contribution < -0.4 is 10.6 Å². The Kier molecular flexibility index (Phi) is 3.26. The molecule has 0 saturated carbocycles. The van der Waals surface area contributed by atoms with Gasteiger partial charge in [0.05, 0.1) is 0 Å². The first-order valence-corrected chi connectivity index (χ1v) is 8.53. The van der Waals surface area contributed by atoms with E-state index in [1.807, 2.05) is 13.3 Å². The fourth-order valence-electron chi connectivity index (χ4n) is 2.08. The van der Waals surface area contributed by atoms with Crippen molar-refractivity contribution in [2.75, 3.05) is 13.3 Å². The van der Waals surface area contributed by atoms with Crippen LogP contribution in [-0.4, -0.2) is 13.3 Å². The summed E-state index contributed by atoms with van der Waals surface area (Å²) in [5, 5.41) is 1.29. The van der Waals surface area contributed by atoms with Crippen molar-refractivity contribution >= 4 is 17.9 Å². The van der Waals surface area contributed by atoms with Crippen molar-refractivity contribution in [2.24, 2.45) is 0 Å². The van der Waals surface area contributed by atoms with E-state index in [4.69, 9.17) is 0 Å². The van der Waals surface area contributed by atoms with E-state index in [1.165, 1.54) is 12.1 Å². The Bertz CT molecular complexity index is 488. The van der Waals surface area contributed by atoms with Crippen molar-refractivity contribution in [2.45, 2.75) is 0 Å². The molecule has 0 aliphatic rings. The van der Waals surface area contributed by atoms with Crippen molar-refractivity contribution in [3.8, 4) is 0 Å². The molecule has 0 nitrogen and oxygen atoms in total. The first kappa shape index (κ1) is 12.2. The minimum atomic E-state index is -2.29. The van der Waals surface area contributed by atoms with E-state index in [0.717, 1.165) is 0 Å². The summed E-state index contributed by atoms with van der Waals surface area (Å²) in [5.74, 6) is -0.486. The van der Waals surface area contributed by atoms with Crippen LogP contribution >= 0.6 is 7.26 Å². The van der Waals surface area contributed by atoms with Crippen LogP contribution in [-0.2, 0) is 0 Å². The topological polar surface area (TPSA) is 0 Å². The molecule has 0 spiro atoms. The van der Waals surface area contributed by atoms with E-state index in [1.54, 1.807) is 36.4 Å². The molecule has 0 unspecified atom stereocenters. The van der Waals surface area contributed by atoms with Crippen molar-refractivity contribution in [1.82, 2.24) is 0 Å². The zero-order valence-electron chi connectivity index (χ0n) is 9.87. The molecule has 3 heteroatoms. The fourth-order valence-corrected chi connectivity index (χ4v) is 4.76. The maximum atomic E-state index is 13.8. The SMILES string of the molecule is C[PH](C)(c1ccccc1F)c1ccccc1F. The molecule has 2 aromatic carbocycles. The van der Waals surface area contributed by atoms with Crippen LogP contribution in [0.4, 0.5) is 8.78 Å². The fraction of sp³-hybridized carbons (Fsp3) is 0.143. The van der Waals surface area contributed by atoms with E-state index >= 15 is 0 Å². The summed E-state index contributed by atoms with van der Waals surface area (Å²) in [7, 11) is -2.29. The number of benzene rings is 2. The molecule has 2 aromatic rings. The molecular formula is C14H15F2P. The predicted octanol–water partition coefficient (Wildman–Crippen LogP) is 2.93. The van der Waals surface area contributed by atoms with Crippen LogP contribution in [0, 0.1) is 11.6 Å². The van der Waals surface area contributed by atoms with Crippen molar-refractivity contribution < 1.29 is 8.78 Å². The molecule has 0 aromatic heterocycles. The first-order valence-electron chi connectivity index (χ1n) is 5.53.